The molecule has 0 bridgehead atoms. The number of nitrogens with zero attached hydrogens (tertiary/aromatic N) is 2. The van der Waals surface area contributed by atoms with Crippen LogP contribution in [-0.2, 0) is 14.3 Å². The number of methoxy groups -OCH3 is 1. The number of carbonyl (C=O) groups excluding carboxylic acids is 2. The number of aromatic nitrogens is 1. The molecule has 2 aromatic heterocycles. The van der Waals surface area contributed by atoms with Gasteiger partial charge < -0.3 is 14.2 Å². The predicted molar refractivity (Wildman–Crippen MR) is 129 cm³/mol. The number of fused-ring (bicyclic) bond motifs is 1. The van der Waals surface area contributed by atoms with Gasteiger partial charge in [-0.3, -0.25) is 14.2 Å². The molecule has 0 unspecified atom stereocenters. The normalized spacial score (nSPS) is 15.5. The Hall–Kier alpha value is -3.50. The van der Waals surface area contributed by atoms with Gasteiger partial charge in [0.15, 0.2) is 16.3 Å². The lowest BCUT2D eigenvalue weighted by Crippen LogP contribution is -2.39. The highest BCUT2D eigenvalue weighted by Gasteiger charge is 2.33. The molecule has 4 rings (SSSR count). The number of hydrogen-bond donors (Lipinski definition) is 0. The summed E-state index contributed by atoms with van der Waals surface area (Å²) in [5.74, 6) is -0.280. The van der Waals surface area contributed by atoms with Gasteiger partial charge in [0.2, 0.25) is 0 Å². The van der Waals surface area contributed by atoms with E-state index in [4.69, 9.17) is 14.2 Å². The third-order valence-corrected chi connectivity index (χ3v) is 6.98. The van der Waals surface area contributed by atoms with E-state index in [1.54, 1.807) is 42.7 Å². The quantitative estimate of drug-likeness (QED) is 0.383. The number of benzene rings is 1. The summed E-state index contributed by atoms with van der Waals surface area (Å²) in [5, 5.41) is 1.90. The molecule has 10 heteroatoms. The SMILES string of the molecule is CCOC(=O)C1=C(C)N=c2s/c(=C/c3ccc(OC(C)=O)c(OC)c3)c(=O)n2[C@@H]1c1cccs1. The Morgan fingerprint density at radius 2 is 2.03 bits per heavy atom. The van der Waals surface area contributed by atoms with E-state index >= 15 is 0 Å². The molecule has 0 N–H and O–H groups in total. The molecule has 0 saturated heterocycles. The van der Waals surface area contributed by atoms with E-state index in [0.29, 0.717) is 37.7 Å². The van der Waals surface area contributed by atoms with E-state index in [0.717, 1.165) is 4.88 Å². The van der Waals surface area contributed by atoms with Crippen LogP contribution in [-0.4, -0.2) is 30.2 Å². The summed E-state index contributed by atoms with van der Waals surface area (Å²) in [5.41, 5.74) is 1.30. The molecule has 8 nitrogen and oxygen atoms in total. The number of allylic oxidation sites excluding steroid dienone is 1. The van der Waals surface area contributed by atoms with Gasteiger partial charge in [0, 0.05) is 11.8 Å². The van der Waals surface area contributed by atoms with Crippen LogP contribution in [0.2, 0.25) is 0 Å². The monoisotopic (exact) mass is 498 g/mol. The summed E-state index contributed by atoms with van der Waals surface area (Å²) in [6.07, 6.45) is 1.72. The second-order valence-electron chi connectivity index (χ2n) is 7.32. The maximum absolute atomic E-state index is 13.5. The fraction of sp³-hybridized carbons (Fsp3) is 0.250. The lowest BCUT2D eigenvalue weighted by Gasteiger charge is -2.23. The number of ether oxygens (including phenoxy) is 3. The molecular weight excluding hydrogens is 476 g/mol. The maximum Gasteiger partial charge on any atom is 0.338 e. The van der Waals surface area contributed by atoms with E-state index in [1.807, 2.05) is 17.5 Å². The number of hydrogen-bond acceptors (Lipinski definition) is 9. The van der Waals surface area contributed by atoms with E-state index < -0.39 is 18.0 Å². The van der Waals surface area contributed by atoms with Gasteiger partial charge in [-0.15, -0.1) is 11.3 Å². The van der Waals surface area contributed by atoms with Crippen molar-refractivity contribution < 1.29 is 23.8 Å². The average Bonchev–Trinajstić information content (AvgIpc) is 3.42. The molecule has 0 saturated carbocycles. The first-order valence-electron chi connectivity index (χ1n) is 10.4. The van der Waals surface area contributed by atoms with Crippen molar-refractivity contribution in [3.05, 3.63) is 77.1 Å². The zero-order chi connectivity index (χ0) is 24.4. The smallest absolute Gasteiger partial charge is 0.338 e. The molecule has 1 aliphatic heterocycles. The molecule has 1 aliphatic rings. The van der Waals surface area contributed by atoms with E-state index in [9.17, 15) is 14.4 Å². The summed E-state index contributed by atoms with van der Waals surface area (Å²) >= 11 is 2.70. The van der Waals surface area contributed by atoms with Gasteiger partial charge in [-0.2, -0.15) is 0 Å². The van der Waals surface area contributed by atoms with Gasteiger partial charge in [0.25, 0.3) is 5.56 Å². The lowest BCUT2D eigenvalue weighted by molar-refractivity contribution is -0.139. The minimum atomic E-state index is -0.613. The van der Waals surface area contributed by atoms with Crippen LogP contribution in [0.4, 0.5) is 0 Å². The molecule has 0 aliphatic carbocycles. The van der Waals surface area contributed by atoms with Crippen molar-refractivity contribution in [2.24, 2.45) is 4.99 Å². The van der Waals surface area contributed by atoms with Crippen LogP contribution in [0.25, 0.3) is 6.08 Å². The van der Waals surface area contributed by atoms with Crippen molar-refractivity contribution in [3.8, 4) is 11.5 Å². The summed E-state index contributed by atoms with van der Waals surface area (Å²) < 4.78 is 17.7. The molecule has 0 radical (unpaired) electrons. The molecule has 1 atom stereocenters. The average molecular weight is 499 g/mol. The van der Waals surface area contributed by atoms with Gasteiger partial charge in [-0.05, 0) is 49.1 Å². The minimum Gasteiger partial charge on any atom is -0.493 e. The van der Waals surface area contributed by atoms with Gasteiger partial charge in [-0.25, -0.2) is 9.79 Å². The fourth-order valence-electron chi connectivity index (χ4n) is 3.67. The van der Waals surface area contributed by atoms with Crippen LogP contribution >= 0.6 is 22.7 Å². The lowest BCUT2D eigenvalue weighted by atomic mass is 10.0. The molecular formula is C24H22N2O6S2. The zero-order valence-electron chi connectivity index (χ0n) is 19.0. The molecule has 1 aromatic carbocycles. The van der Waals surface area contributed by atoms with Crippen LogP contribution in [0.3, 0.4) is 0 Å². The Balaban J connectivity index is 1.86. The maximum atomic E-state index is 13.5. The Labute approximate surface area is 203 Å². The third-order valence-electron chi connectivity index (χ3n) is 5.07. The van der Waals surface area contributed by atoms with Crippen molar-refractivity contribution in [1.82, 2.24) is 4.57 Å². The largest absolute Gasteiger partial charge is 0.493 e. The first-order chi connectivity index (χ1) is 16.3. The summed E-state index contributed by atoms with van der Waals surface area (Å²) in [7, 11) is 1.47. The fourth-order valence-corrected chi connectivity index (χ4v) is 5.54. The van der Waals surface area contributed by atoms with Crippen molar-refractivity contribution >= 4 is 40.7 Å². The number of thiazole rings is 1. The van der Waals surface area contributed by atoms with Gasteiger partial charge in [-0.1, -0.05) is 23.5 Å². The zero-order valence-corrected chi connectivity index (χ0v) is 20.6. The molecule has 0 spiro atoms. The standard InChI is InChI=1S/C24H22N2O6S2/c1-5-31-23(29)20-13(2)25-24-26(21(20)18-7-6-10-33-18)22(28)19(34-24)12-15-8-9-16(32-14(3)27)17(11-15)30-4/h6-12,21H,5H2,1-4H3/b19-12+/t21-/m1/s1. The molecule has 3 aromatic rings. The van der Waals surface area contributed by atoms with Crippen LogP contribution in [0.5, 0.6) is 11.5 Å². The van der Waals surface area contributed by atoms with E-state index in [-0.39, 0.29) is 12.2 Å². The highest BCUT2D eigenvalue weighted by molar-refractivity contribution is 7.10. The molecule has 0 fully saturated rings. The summed E-state index contributed by atoms with van der Waals surface area (Å²) in [6, 6.07) is 8.18. The van der Waals surface area contributed by atoms with Gasteiger partial charge in [0.05, 0.1) is 29.5 Å². The summed E-state index contributed by atoms with van der Waals surface area (Å²) in [6.45, 7) is 5.03. The second-order valence-corrected chi connectivity index (χ2v) is 9.31. The summed E-state index contributed by atoms with van der Waals surface area (Å²) in [4.78, 5) is 43.6. The highest BCUT2D eigenvalue weighted by atomic mass is 32.1. The molecule has 34 heavy (non-hydrogen) atoms. The first-order valence-corrected chi connectivity index (χ1v) is 12.1. The van der Waals surface area contributed by atoms with Crippen LogP contribution in [0.15, 0.2) is 56.8 Å². The highest BCUT2D eigenvalue weighted by Crippen LogP contribution is 2.33. The molecule has 3 heterocycles. The first kappa shape index (κ1) is 23.7. The van der Waals surface area contributed by atoms with Gasteiger partial charge >= 0.3 is 11.9 Å². The number of rotatable bonds is 6. The topological polar surface area (TPSA) is 96.2 Å². The second kappa shape index (κ2) is 9.78. The minimum absolute atomic E-state index is 0.225. The Morgan fingerprint density at radius 1 is 1.24 bits per heavy atom. The Morgan fingerprint density at radius 3 is 2.68 bits per heavy atom. The van der Waals surface area contributed by atoms with Gasteiger partial charge in [0.1, 0.15) is 6.04 Å². The molecule has 0 amide bonds. The van der Waals surface area contributed by atoms with Crippen molar-refractivity contribution in [2.45, 2.75) is 26.8 Å². The number of thiophene rings is 1. The number of carbonyl (C=O) groups is 2. The predicted octanol–water partition coefficient (Wildman–Crippen LogP) is 2.79. The van der Waals surface area contributed by atoms with Crippen molar-refractivity contribution in [3.63, 3.8) is 0 Å². The van der Waals surface area contributed by atoms with E-state index in [1.165, 1.54) is 36.7 Å². The van der Waals surface area contributed by atoms with E-state index in [2.05, 4.69) is 4.99 Å². The Bertz CT molecular complexity index is 1460. The third kappa shape index (κ3) is 4.46. The van der Waals surface area contributed by atoms with Crippen LogP contribution < -0.4 is 24.4 Å². The van der Waals surface area contributed by atoms with Crippen molar-refractivity contribution in [1.29, 1.82) is 0 Å². The Kier molecular flexibility index (Phi) is 6.80. The van der Waals surface area contributed by atoms with Crippen LogP contribution in [0.1, 0.15) is 37.3 Å². The molecule has 176 valence electrons. The van der Waals surface area contributed by atoms with Crippen LogP contribution in [0, 0.1) is 0 Å². The van der Waals surface area contributed by atoms with Crippen molar-refractivity contribution in [2.75, 3.05) is 13.7 Å². The number of esters is 2.